The molecule has 2 aromatic carbocycles. The summed E-state index contributed by atoms with van der Waals surface area (Å²) in [7, 11) is 1.38. The summed E-state index contributed by atoms with van der Waals surface area (Å²) in [5, 5.41) is 0. The first-order valence-corrected chi connectivity index (χ1v) is 6.93. The SMILES string of the molecule is [B](OCC=Cc1ccccc1)OCC=Cc1ccccc1. The van der Waals surface area contributed by atoms with Gasteiger partial charge in [0.25, 0.3) is 0 Å². The predicted octanol–water partition coefficient (Wildman–Crippen LogP) is 3.98. The molecule has 0 aliphatic heterocycles. The third-order valence-corrected chi connectivity index (χ3v) is 2.74. The highest BCUT2D eigenvalue weighted by atomic mass is 16.6. The molecule has 0 aromatic heterocycles. The third-order valence-electron chi connectivity index (χ3n) is 2.74. The van der Waals surface area contributed by atoms with Gasteiger partial charge in [-0.15, -0.1) is 0 Å². The Labute approximate surface area is 127 Å². The van der Waals surface area contributed by atoms with E-state index in [9.17, 15) is 0 Å². The van der Waals surface area contributed by atoms with E-state index in [1.165, 1.54) is 7.69 Å². The summed E-state index contributed by atoms with van der Waals surface area (Å²) in [6.07, 6.45) is 7.94. The standard InChI is InChI=1S/C18H18BO2/c1-3-9-17(10-4-1)13-7-15-20-19-21-16-8-14-18-11-5-2-6-12-18/h1-14H,15-16H2. The summed E-state index contributed by atoms with van der Waals surface area (Å²) >= 11 is 0. The van der Waals surface area contributed by atoms with Gasteiger partial charge in [-0.05, 0) is 11.1 Å². The molecular weight excluding hydrogens is 259 g/mol. The van der Waals surface area contributed by atoms with Crippen LogP contribution in [0.5, 0.6) is 0 Å². The van der Waals surface area contributed by atoms with Crippen LogP contribution in [-0.4, -0.2) is 20.9 Å². The van der Waals surface area contributed by atoms with Crippen molar-refractivity contribution in [1.82, 2.24) is 0 Å². The molecule has 0 aliphatic rings. The minimum absolute atomic E-state index is 0.497. The van der Waals surface area contributed by atoms with Gasteiger partial charge in [0.1, 0.15) is 0 Å². The van der Waals surface area contributed by atoms with E-state index in [4.69, 9.17) is 9.31 Å². The molecule has 1 radical (unpaired) electrons. The number of hydrogen-bond donors (Lipinski definition) is 0. The van der Waals surface area contributed by atoms with E-state index in [1.54, 1.807) is 0 Å². The van der Waals surface area contributed by atoms with Crippen molar-refractivity contribution in [3.05, 3.63) is 83.9 Å². The van der Waals surface area contributed by atoms with Crippen LogP contribution in [0.1, 0.15) is 11.1 Å². The van der Waals surface area contributed by atoms with E-state index in [1.807, 2.05) is 85.0 Å². The molecule has 0 spiro atoms. The molecule has 0 bridgehead atoms. The van der Waals surface area contributed by atoms with Crippen LogP contribution in [0.2, 0.25) is 0 Å². The van der Waals surface area contributed by atoms with Gasteiger partial charge in [-0.3, -0.25) is 0 Å². The molecule has 0 amide bonds. The lowest BCUT2D eigenvalue weighted by molar-refractivity contribution is 0.261. The predicted molar refractivity (Wildman–Crippen MR) is 88.6 cm³/mol. The van der Waals surface area contributed by atoms with E-state index in [2.05, 4.69) is 0 Å². The van der Waals surface area contributed by atoms with Crippen molar-refractivity contribution in [3.8, 4) is 0 Å². The Balaban J connectivity index is 1.52. The first-order chi connectivity index (χ1) is 10.4. The van der Waals surface area contributed by atoms with Crippen molar-refractivity contribution in [2.45, 2.75) is 0 Å². The van der Waals surface area contributed by atoms with E-state index in [-0.39, 0.29) is 0 Å². The molecule has 2 aromatic rings. The van der Waals surface area contributed by atoms with Crippen LogP contribution in [0.25, 0.3) is 12.2 Å². The molecule has 0 aliphatic carbocycles. The Bertz CT molecular complexity index is 498. The van der Waals surface area contributed by atoms with Crippen LogP contribution in [0.3, 0.4) is 0 Å². The van der Waals surface area contributed by atoms with Crippen molar-refractivity contribution in [2.75, 3.05) is 13.2 Å². The van der Waals surface area contributed by atoms with E-state index >= 15 is 0 Å². The van der Waals surface area contributed by atoms with Gasteiger partial charge >= 0.3 is 7.69 Å². The van der Waals surface area contributed by atoms with Gasteiger partial charge in [0.05, 0.1) is 0 Å². The van der Waals surface area contributed by atoms with Crippen LogP contribution in [0.15, 0.2) is 72.8 Å². The van der Waals surface area contributed by atoms with Gasteiger partial charge in [0.15, 0.2) is 0 Å². The lowest BCUT2D eigenvalue weighted by Crippen LogP contribution is -2.04. The molecule has 0 fully saturated rings. The first-order valence-electron chi connectivity index (χ1n) is 6.93. The maximum atomic E-state index is 5.24. The monoisotopic (exact) mass is 277 g/mol. The number of rotatable bonds is 8. The fraction of sp³-hybridized carbons (Fsp3) is 0.111. The normalized spacial score (nSPS) is 11.2. The second-order valence-corrected chi connectivity index (χ2v) is 4.39. The zero-order valence-electron chi connectivity index (χ0n) is 11.9. The molecule has 0 N–H and O–H groups in total. The highest BCUT2D eigenvalue weighted by molar-refractivity contribution is 6.18. The average molecular weight is 277 g/mol. The lowest BCUT2D eigenvalue weighted by Gasteiger charge is -1.98. The van der Waals surface area contributed by atoms with Crippen molar-refractivity contribution < 1.29 is 9.31 Å². The highest BCUT2D eigenvalue weighted by Gasteiger charge is 1.90. The Morgan fingerprint density at radius 1 is 0.667 bits per heavy atom. The molecule has 0 unspecified atom stereocenters. The zero-order chi connectivity index (χ0) is 14.6. The summed E-state index contributed by atoms with van der Waals surface area (Å²) in [6, 6.07) is 20.2. The van der Waals surface area contributed by atoms with Crippen LogP contribution in [0.4, 0.5) is 0 Å². The van der Waals surface area contributed by atoms with Crippen molar-refractivity contribution in [1.29, 1.82) is 0 Å². The van der Waals surface area contributed by atoms with Crippen LogP contribution in [0, 0.1) is 0 Å². The fourth-order valence-electron chi connectivity index (χ4n) is 1.73. The van der Waals surface area contributed by atoms with E-state index in [0.29, 0.717) is 13.2 Å². The minimum Gasteiger partial charge on any atom is -0.410 e. The number of benzene rings is 2. The Hall–Kier alpha value is -2.10. The summed E-state index contributed by atoms with van der Waals surface area (Å²) in [6.45, 7) is 0.995. The Morgan fingerprint density at radius 2 is 1.10 bits per heavy atom. The van der Waals surface area contributed by atoms with Crippen LogP contribution in [-0.2, 0) is 9.31 Å². The Morgan fingerprint density at radius 3 is 1.52 bits per heavy atom. The summed E-state index contributed by atoms with van der Waals surface area (Å²) < 4.78 is 10.5. The largest absolute Gasteiger partial charge is 0.488 e. The molecule has 3 heteroatoms. The van der Waals surface area contributed by atoms with Crippen molar-refractivity contribution >= 4 is 19.8 Å². The van der Waals surface area contributed by atoms with Gasteiger partial charge in [-0.1, -0.05) is 85.0 Å². The second-order valence-electron chi connectivity index (χ2n) is 4.39. The molecule has 2 nitrogen and oxygen atoms in total. The Kier molecular flexibility index (Phi) is 7.10. The van der Waals surface area contributed by atoms with E-state index in [0.717, 1.165) is 11.1 Å². The zero-order valence-corrected chi connectivity index (χ0v) is 11.9. The van der Waals surface area contributed by atoms with Gasteiger partial charge in [-0.2, -0.15) is 0 Å². The molecule has 0 saturated carbocycles. The first kappa shape index (κ1) is 15.3. The number of hydrogen-bond acceptors (Lipinski definition) is 2. The molecule has 0 saturated heterocycles. The van der Waals surface area contributed by atoms with Crippen LogP contribution < -0.4 is 0 Å². The van der Waals surface area contributed by atoms with Crippen molar-refractivity contribution in [2.24, 2.45) is 0 Å². The lowest BCUT2D eigenvalue weighted by atomic mass is 10.2. The van der Waals surface area contributed by atoms with Gasteiger partial charge in [0.2, 0.25) is 0 Å². The quantitative estimate of drug-likeness (QED) is 0.536. The molecule has 105 valence electrons. The molecule has 0 heterocycles. The summed E-state index contributed by atoms with van der Waals surface area (Å²) in [4.78, 5) is 0. The topological polar surface area (TPSA) is 18.5 Å². The highest BCUT2D eigenvalue weighted by Crippen LogP contribution is 2.01. The molecule has 21 heavy (non-hydrogen) atoms. The maximum absolute atomic E-state index is 5.24. The third kappa shape index (κ3) is 6.75. The average Bonchev–Trinajstić information content (AvgIpc) is 2.55. The molecule has 2 rings (SSSR count). The van der Waals surface area contributed by atoms with Crippen LogP contribution >= 0.6 is 0 Å². The summed E-state index contributed by atoms with van der Waals surface area (Å²) in [5.41, 5.74) is 2.32. The smallest absolute Gasteiger partial charge is 0.410 e. The van der Waals surface area contributed by atoms with Gasteiger partial charge in [-0.25, -0.2) is 0 Å². The second kappa shape index (κ2) is 9.75. The molecule has 0 atom stereocenters. The summed E-state index contributed by atoms with van der Waals surface area (Å²) in [5.74, 6) is 0. The molecular formula is C18H18BO2. The van der Waals surface area contributed by atoms with Crippen molar-refractivity contribution in [3.63, 3.8) is 0 Å². The van der Waals surface area contributed by atoms with Gasteiger partial charge in [0, 0.05) is 13.2 Å². The maximum Gasteiger partial charge on any atom is 0.488 e. The van der Waals surface area contributed by atoms with E-state index < -0.39 is 0 Å². The fourth-order valence-corrected chi connectivity index (χ4v) is 1.73. The minimum atomic E-state index is 0.497. The van der Waals surface area contributed by atoms with Gasteiger partial charge < -0.3 is 9.31 Å².